The second-order valence-corrected chi connectivity index (χ2v) is 9.48. The molecule has 0 unspecified atom stereocenters. The van der Waals surface area contributed by atoms with E-state index in [2.05, 4.69) is 27.6 Å². The number of nitrogens with zero attached hydrogens (tertiary/aromatic N) is 1. The highest BCUT2D eigenvalue weighted by Gasteiger charge is 2.25. The first-order valence-corrected chi connectivity index (χ1v) is 12.3. The van der Waals surface area contributed by atoms with Gasteiger partial charge in [-0.15, -0.1) is 0 Å². The molecule has 8 heteroatoms. The lowest BCUT2D eigenvalue weighted by atomic mass is 10.1. The van der Waals surface area contributed by atoms with Crippen LogP contribution in [0.5, 0.6) is 11.5 Å². The zero-order valence-corrected chi connectivity index (χ0v) is 22.1. The third-order valence-electron chi connectivity index (χ3n) is 4.96. The molecule has 0 atom stereocenters. The van der Waals surface area contributed by atoms with Crippen molar-refractivity contribution in [3.8, 4) is 11.5 Å². The maximum atomic E-state index is 12.5. The minimum Gasteiger partial charge on any atom is -0.490 e. The fraction of sp³-hybridized carbons (Fsp3) is 0.154. The summed E-state index contributed by atoms with van der Waals surface area (Å²) in [6.07, 6.45) is 1.62. The third-order valence-corrected chi connectivity index (χ3v) is 6.70. The van der Waals surface area contributed by atoms with Gasteiger partial charge in [0.2, 0.25) is 5.90 Å². The highest BCUT2D eigenvalue weighted by molar-refractivity contribution is 14.1. The van der Waals surface area contributed by atoms with Gasteiger partial charge < -0.3 is 14.2 Å². The van der Waals surface area contributed by atoms with Crippen LogP contribution in [0.3, 0.4) is 0 Å². The van der Waals surface area contributed by atoms with E-state index in [1.54, 1.807) is 30.3 Å². The molecule has 0 saturated heterocycles. The lowest BCUT2D eigenvalue weighted by molar-refractivity contribution is -0.129. The molecule has 0 spiro atoms. The number of hydrogen-bond donors (Lipinski definition) is 0. The first kappa shape index (κ1) is 24.6. The van der Waals surface area contributed by atoms with Crippen molar-refractivity contribution in [3.63, 3.8) is 0 Å². The van der Waals surface area contributed by atoms with Crippen molar-refractivity contribution in [1.82, 2.24) is 0 Å². The molecule has 0 fully saturated rings. The quantitative estimate of drug-likeness (QED) is 0.162. The zero-order chi connectivity index (χ0) is 24.2. The van der Waals surface area contributed by atoms with E-state index in [1.807, 2.05) is 44.2 Å². The molecule has 174 valence electrons. The van der Waals surface area contributed by atoms with Crippen molar-refractivity contribution >= 4 is 63.7 Å². The largest absolute Gasteiger partial charge is 0.490 e. The highest BCUT2D eigenvalue weighted by Crippen LogP contribution is 2.38. The monoisotopic (exact) mass is 607 g/mol. The zero-order valence-electron chi connectivity index (χ0n) is 18.4. The van der Waals surface area contributed by atoms with Gasteiger partial charge in [0.25, 0.3) is 0 Å². The summed E-state index contributed by atoms with van der Waals surface area (Å²) in [6.45, 7) is 4.58. The minimum absolute atomic E-state index is 0.180. The average molecular weight is 608 g/mol. The van der Waals surface area contributed by atoms with Gasteiger partial charge in [0.05, 0.1) is 11.6 Å². The molecule has 0 aromatic heterocycles. The second-order valence-electron chi connectivity index (χ2n) is 7.48. The van der Waals surface area contributed by atoms with Gasteiger partial charge in [0, 0.05) is 14.2 Å². The lowest BCUT2D eigenvalue weighted by Gasteiger charge is -2.14. The predicted octanol–water partition coefficient (Wildman–Crippen LogP) is 7.23. The normalized spacial score (nSPS) is 14.2. The van der Waals surface area contributed by atoms with Crippen LogP contribution < -0.4 is 9.47 Å². The Morgan fingerprint density at radius 3 is 2.53 bits per heavy atom. The summed E-state index contributed by atoms with van der Waals surface area (Å²) in [5.41, 5.74) is 3.59. The number of carbonyl (C=O) groups excluding carboxylic acids is 1. The van der Waals surface area contributed by atoms with Gasteiger partial charge in [-0.25, -0.2) is 9.79 Å². The van der Waals surface area contributed by atoms with Crippen LogP contribution in [0.15, 0.2) is 65.3 Å². The number of carbonyl (C=O) groups is 1. The summed E-state index contributed by atoms with van der Waals surface area (Å²) in [7, 11) is 0. The number of esters is 1. The number of cyclic esters (lactones) is 1. The molecular weight excluding hydrogens is 588 g/mol. The molecule has 0 bridgehead atoms. The van der Waals surface area contributed by atoms with Crippen LogP contribution in [0, 0.1) is 10.5 Å². The van der Waals surface area contributed by atoms with Crippen LogP contribution in [0.1, 0.15) is 29.2 Å². The van der Waals surface area contributed by atoms with Crippen LogP contribution in [-0.4, -0.2) is 18.5 Å². The number of hydrogen-bond acceptors (Lipinski definition) is 5. The highest BCUT2D eigenvalue weighted by atomic mass is 127. The van der Waals surface area contributed by atoms with E-state index in [0.717, 1.165) is 20.3 Å². The molecule has 3 aromatic carbocycles. The summed E-state index contributed by atoms with van der Waals surface area (Å²) in [6, 6.07) is 16.6. The van der Waals surface area contributed by atoms with Crippen LogP contribution in [-0.2, 0) is 16.1 Å². The molecule has 0 aliphatic carbocycles. The Balaban J connectivity index is 1.61. The van der Waals surface area contributed by atoms with Gasteiger partial charge in [-0.3, -0.25) is 0 Å². The Hall–Kier alpha value is -2.55. The Bertz CT molecular complexity index is 1300. The van der Waals surface area contributed by atoms with Crippen molar-refractivity contribution in [3.05, 3.63) is 96.2 Å². The summed E-state index contributed by atoms with van der Waals surface area (Å²) in [5, 5.41) is 1.01. The first-order valence-electron chi connectivity index (χ1n) is 10.5. The molecule has 1 aliphatic heterocycles. The van der Waals surface area contributed by atoms with Crippen molar-refractivity contribution < 1.29 is 19.0 Å². The van der Waals surface area contributed by atoms with E-state index < -0.39 is 5.97 Å². The average Bonchev–Trinajstić information content (AvgIpc) is 3.16. The van der Waals surface area contributed by atoms with Crippen molar-refractivity contribution in [2.45, 2.75) is 20.5 Å². The van der Waals surface area contributed by atoms with Gasteiger partial charge in [-0.05, 0) is 102 Å². The number of aliphatic imine (C=N–C) groups is 1. The molecule has 0 amide bonds. The summed E-state index contributed by atoms with van der Waals surface area (Å²) >= 11 is 14.7. The van der Waals surface area contributed by atoms with Gasteiger partial charge in [-0.2, -0.15) is 0 Å². The summed E-state index contributed by atoms with van der Waals surface area (Å²) in [4.78, 5) is 16.8. The van der Waals surface area contributed by atoms with Crippen molar-refractivity contribution in [2.75, 3.05) is 6.61 Å². The molecule has 0 radical (unpaired) electrons. The molecular formula is C26H20Cl2INO4. The topological polar surface area (TPSA) is 57.1 Å². The van der Waals surface area contributed by atoms with Crippen LogP contribution in [0.4, 0.5) is 0 Å². The molecule has 4 rings (SSSR count). The van der Waals surface area contributed by atoms with E-state index in [1.165, 1.54) is 0 Å². The Morgan fingerprint density at radius 1 is 1.06 bits per heavy atom. The molecule has 3 aromatic rings. The van der Waals surface area contributed by atoms with E-state index >= 15 is 0 Å². The molecule has 34 heavy (non-hydrogen) atoms. The number of rotatable bonds is 7. The Morgan fingerprint density at radius 2 is 1.82 bits per heavy atom. The van der Waals surface area contributed by atoms with Crippen molar-refractivity contribution in [1.29, 1.82) is 0 Å². The van der Waals surface area contributed by atoms with Gasteiger partial charge in [-0.1, -0.05) is 35.3 Å². The second kappa shape index (κ2) is 10.8. The predicted molar refractivity (Wildman–Crippen MR) is 143 cm³/mol. The van der Waals surface area contributed by atoms with Crippen molar-refractivity contribution in [2.24, 2.45) is 4.99 Å². The number of benzene rings is 3. The van der Waals surface area contributed by atoms with Crippen LogP contribution in [0.25, 0.3) is 6.08 Å². The minimum atomic E-state index is -0.525. The summed E-state index contributed by atoms with van der Waals surface area (Å²) < 4.78 is 18.2. The third kappa shape index (κ3) is 5.74. The number of halogens is 3. The number of ether oxygens (including phenoxy) is 3. The van der Waals surface area contributed by atoms with Crippen LogP contribution in [0.2, 0.25) is 10.0 Å². The van der Waals surface area contributed by atoms with E-state index in [4.69, 9.17) is 37.4 Å². The lowest BCUT2D eigenvalue weighted by Crippen LogP contribution is -2.05. The smallest absolute Gasteiger partial charge is 0.363 e. The number of aryl methyl sites for hydroxylation is 1. The first-order chi connectivity index (χ1) is 16.3. The Kier molecular flexibility index (Phi) is 7.80. The molecule has 0 saturated carbocycles. The van der Waals surface area contributed by atoms with E-state index in [0.29, 0.717) is 40.3 Å². The molecule has 0 N–H and O–H groups in total. The fourth-order valence-corrected chi connectivity index (χ4v) is 4.01. The molecule has 1 heterocycles. The van der Waals surface area contributed by atoms with Gasteiger partial charge in [0.15, 0.2) is 17.2 Å². The molecule has 5 nitrogen and oxygen atoms in total. The van der Waals surface area contributed by atoms with E-state index in [9.17, 15) is 4.79 Å². The maximum absolute atomic E-state index is 12.5. The summed E-state index contributed by atoms with van der Waals surface area (Å²) in [5.74, 6) is 0.644. The maximum Gasteiger partial charge on any atom is 0.363 e. The fourth-order valence-electron chi connectivity index (χ4n) is 3.28. The van der Waals surface area contributed by atoms with Gasteiger partial charge in [0.1, 0.15) is 6.61 Å². The van der Waals surface area contributed by atoms with Crippen LogP contribution >= 0.6 is 45.8 Å². The van der Waals surface area contributed by atoms with Gasteiger partial charge >= 0.3 is 5.97 Å². The Labute approximate surface area is 221 Å². The van der Waals surface area contributed by atoms with E-state index in [-0.39, 0.29) is 11.6 Å². The SMILES string of the molecule is CCOc1cc(/C=C2\N=C(c3ccc(I)c(C)c3)OC2=O)cc(Cl)c1OCc1ccc(Cl)cc1. The standard InChI is InChI=1S/C26H20Cl2INO4/c1-3-32-23-13-17(11-20(28)24(23)33-14-16-4-7-19(27)8-5-16)12-22-26(31)34-25(30-22)18-6-9-21(29)15(2)10-18/h4-13H,3,14H2,1-2H3/b22-12-. The molecule has 1 aliphatic rings.